The summed E-state index contributed by atoms with van der Waals surface area (Å²) in [5.74, 6) is 0.272. The number of halogens is 1. The molecule has 0 spiro atoms. The third-order valence-corrected chi connectivity index (χ3v) is 5.83. The van der Waals surface area contributed by atoms with Crippen LogP contribution >= 0.6 is 0 Å². The Kier molecular flexibility index (Phi) is 6.31. The van der Waals surface area contributed by atoms with Crippen molar-refractivity contribution in [1.29, 1.82) is 0 Å². The van der Waals surface area contributed by atoms with Gasteiger partial charge in [0.1, 0.15) is 17.6 Å². The number of hydrogen-bond acceptors (Lipinski definition) is 6. The number of aromatic nitrogens is 5. The van der Waals surface area contributed by atoms with Gasteiger partial charge in [0.15, 0.2) is 17.4 Å². The standard InChI is InChI=1S/C28H27FN6O3/c1-17-12-19(26-33-31-16-35(26)21-10-11-22(29)24(13-21)37-5)15-34-23(14-30-25(17)34)18-6-8-20(9-7-18)32-27(36)38-28(2,3)4/h6-16H,1-5H3,(H,32,36). The van der Waals surface area contributed by atoms with Gasteiger partial charge in [-0.25, -0.2) is 14.2 Å². The number of fused-ring (bicyclic) bond motifs is 1. The lowest BCUT2D eigenvalue weighted by molar-refractivity contribution is 0.0636. The molecule has 2 aromatic carbocycles. The minimum Gasteiger partial charge on any atom is -0.494 e. The second kappa shape index (κ2) is 9.62. The monoisotopic (exact) mass is 514 g/mol. The number of methoxy groups -OCH3 is 1. The van der Waals surface area contributed by atoms with Gasteiger partial charge in [0, 0.05) is 29.1 Å². The number of hydrogen-bond donors (Lipinski definition) is 1. The molecule has 3 aromatic heterocycles. The van der Waals surface area contributed by atoms with Crippen molar-refractivity contribution in [1.82, 2.24) is 24.1 Å². The first-order chi connectivity index (χ1) is 18.1. The summed E-state index contributed by atoms with van der Waals surface area (Å²) in [5.41, 5.74) is 5.03. The Bertz CT molecular complexity index is 1630. The molecule has 1 N–H and O–H groups in total. The zero-order valence-corrected chi connectivity index (χ0v) is 21.7. The van der Waals surface area contributed by atoms with Gasteiger partial charge >= 0.3 is 6.09 Å². The predicted molar refractivity (Wildman–Crippen MR) is 142 cm³/mol. The molecule has 0 aliphatic heterocycles. The molecule has 0 saturated heterocycles. The Morgan fingerprint density at radius 2 is 1.82 bits per heavy atom. The van der Waals surface area contributed by atoms with Crippen molar-refractivity contribution in [3.05, 3.63) is 78.6 Å². The van der Waals surface area contributed by atoms with E-state index in [4.69, 9.17) is 9.47 Å². The fourth-order valence-corrected chi connectivity index (χ4v) is 4.16. The van der Waals surface area contributed by atoms with Crippen LogP contribution in [0.15, 0.2) is 67.3 Å². The topological polar surface area (TPSA) is 95.6 Å². The Morgan fingerprint density at radius 3 is 2.53 bits per heavy atom. The summed E-state index contributed by atoms with van der Waals surface area (Å²) in [4.78, 5) is 16.7. The molecule has 0 unspecified atom stereocenters. The van der Waals surface area contributed by atoms with E-state index in [1.807, 2.05) is 68.6 Å². The minimum absolute atomic E-state index is 0.135. The lowest BCUT2D eigenvalue weighted by atomic mass is 10.1. The maximum atomic E-state index is 14.0. The molecule has 0 saturated carbocycles. The molecular weight excluding hydrogens is 487 g/mol. The quantitative estimate of drug-likeness (QED) is 0.307. The highest BCUT2D eigenvalue weighted by Crippen LogP contribution is 2.29. The lowest BCUT2D eigenvalue weighted by Gasteiger charge is -2.19. The van der Waals surface area contributed by atoms with Crippen LogP contribution in [0.5, 0.6) is 5.75 Å². The van der Waals surface area contributed by atoms with Crippen molar-refractivity contribution >= 4 is 17.4 Å². The Labute approximate surface area is 218 Å². The molecule has 10 heteroatoms. The largest absolute Gasteiger partial charge is 0.494 e. The van der Waals surface area contributed by atoms with Crippen LogP contribution in [-0.2, 0) is 4.74 Å². The van der Waals surface area contributed by atoms with Crippen molar-refractivity contribution in [2.24, 2.45) is 0 Å². The van der Waals surface area contributed by atoms with Crippen LogP contribution in [0.1, 0.15) is 26.3 Å². The fourth-order valence-electron chi connectivity index (χ4n) is 4.16. The van der Waals surface area contributed by atoms with E-state index in [-0.39, 0.29) is 5.75 Å². The molecule has 5 rings (SSSR count). The van der Waals surface area contributed by atoms with Crippen LogP contribution in [-0.4, -0.2) is 43.0 Å². The van der Waals surface area contributed by atoms with Gasteiger partial charge in [-0.1, -0.05) is 12.1 Å². The smallest absolute Gasteiger partial charge is 0.412 e. The molecule has 9 nitrogen and oxygen atoms in total. The number of nitrogens with zero attached hydrogens (tertiary/aromatic N) is 5. The second-order valence-electron chi connectivity index (χ2n) is 9.80. The van der Waals surface area contributed by atoms with E-state index >= 15 is 0 Å². The van der Waals surface area contributed by atoms with E-state index in [0.29, 0.717) is 17.2 Å². The van der Waals surface area contributed by atoms with Crippen LogP contribution < -0.4 is 10.1 Å². The number of carbonyl (C=O) groups excluding carboxylic acids is 1. The number of pyridine rings is 1. The summed E-state index contributed by atoms with van der Waals surface area (Å²) in [6, 6.07) is 14.0. The van der Waals surface area contributed by atoms with Crippen molar-refractivity contribution in [2.75, 3.05) is 12.4 Å². The number of ether oxygens (including phenoxy) is 2. The van der Waals surface area contributed by atoms with Crippen LogP contribution in [0.2, 0.25) is 0 Å². The highest BCUT2D eigenvalue weighted by Gasteiger charge is 2.18. The third kappa shape index (κ3) is 4.93. The van der Waals surface area contributed by atoms with E-state index in [9.17, 15) is 9.18 Å². The summed E-state index contributed by atoms with van der Waals surface area (Å²) < 4.78 is 28.2. The molecular formula is C28H27FN6O3. The van der Waals surface area contributed by atoms with Crippen molar-refractivity contribution in [2.45, 2.75) is 33.3 Å². The number of imidazole rings is 1. The van der Waals surface area contributed by atoms with Gasteiger partial charge in [-0.05, 0) is 63.6 Å². The van der Waals surface area contributed by atoms with Crippen molar-refractivity contribution in [3.8, 4) is 34.1 Å². The highest BCUT2D eigenvalue weighted by atomic mass is 19.1. The Morgan fingerprint density at radius 1 is 1.05 bits per heavy atom. The first-order valence-electron chi connectivity index (χ1n) is 12.0. The first-order valence-corrected chi connectivity index (χ1v) is 12.0. The zero-order chi connectivity index (χ0) is 27.0. The maximum Gasteiger partial charge on any atom is 0.412 e. The normalized spacial score (nSPS) is 11.5. The van der Waals surface area contributed by atoms with Gasteiger partial charge < -0.3 is 9.47 Å². The molecule has 5 aromatic rings. The number of carbonyl (C=O) groups is 1. The number of anilines is 1. The molecule has 0 aliphatic carbocycles. The summed E-state index contributed by atoms with van der Waals surface area (Å²) in [5, 5.41) is 11.2. The van der Waals surface area contributed by atoms with E-state index in [0.717, 1.165) is 28.0 Å². The molecule has 38 heavy (non-hydrogen) atoms. The predicted octanol–water partition coefficient (Wildman–Crippen LogP) is 6.05. The highest BCUT2D eigenvalue weighted by molar-refractivity contribution is 5.85. The summed E-state index contributed by atoms with van der Waals surface area (Å²) in [7, 11) is 1.42. The molecule has 0 aliphatic rings. The molecule has 0 atom stereocenters. The van der Waals surface area contributed by atoms with E-state index in [1.54, 1.807) is 29.2 Å². The van der Waals surface area contributed by atoms with Crippen molar-refractivity contribution < 1.29 is 18.7 Å². The van der Waals surface area contributed by atoms with Gasteiger partial charge in [0.25, 0.3) is 0 Å². The van der Waals surface area contributed by atoms with E-state index in [2.05, 4.69) is 20.5 Å². The number of nitrogens with one attached hydrogen (secondary N) is 1. The van der Waals surface area contributed by atoms with Gasteiger partial charge in [-0.2, -0.15) is 0 Å². The van der Waals surface area contributed by atoms with Gasteiger partial charge in [0.2, 0.25) is 0 Å². The second-order valence-corrected chi connectivity index (χ2v) is 9.80. The number of benzene rings is 2. The van der Waals surface area contributed by atoms with Crippen LogP contribution in [0.3, 0.4) is 0 Å². The summed E-state index contributed by atoms with van der Waals surface area (Å²) in [6.07, 6.45) is 4.81. The average molecular weight is 515 g/mol. The molecule has 0 bridgehead atoms. The van der Waals surface area contributed by atoms with Gasteiger partial charge in [-0.15, -0.1) is 10.2 Å². The molecule has 0 radical (unpaired) electrons. The molecule has 0 fully saturated rings. The van der Waals surface area contributed by atoms with Gasteiger partial charge in [-0.3, -0.25) is 14.3 Å². The third-order valence-electron chi connectivity index (χ3n) is 5.83. The molecule has 3 heterocycles. The SMILES string of the molecule is COc1cc(-n2cnnc2-c2cc(C)c3ncc(-c4ccc(NC(=O)OC(C)(C)C)cc4)n3c2)ccc1F. The first kappa shape index (κ1) is 24.9. The Balaban J connectivity index is 1.49. The number of amides is 1. The number of rotatable bonds is 5. The Hall–Kier alpha value is -4.73. The van der Waals surface area contributed by atoms with Gasteiger partial charge in [0.05, 0.1) is 24.7 Å². The fraction of sp³-hybridized carbons (Fsp3) is 0.214. The molecule has 194 valence electrons. The van der Waals surface area contributed by atoms with E-state index in [1.165, 1.54) is 13.2 Å². The number of aryl methyl sites for hydroxylation is 1. The summed E-state index contributed by atoms with van der Waals surface area (Å²) >= 11 is 0. The van der Waals surface area contributed by atoms with Crippen LogP contribution in [0.4, 0.5) is 14.9 Å². The zero-order valence-electron chi connectivity index (χ0n) is 21.7. The summed E-state index contributed by atoms with van der Waals surface area (Å²) in [6.45, 7) is 7.42. The lowest BCUT2D eigenvalue weighted by Crippen LogP contribution is -2.27. The minimum atomic E-state index is -0.580. The molecule has 1 amide bonds. The van der Waals surface area contributed by atoms with Crippen molar-refractivity contribution in [3.63, 3.8) is 0 Å². The van der Waals surface area contributed by atoms with Crippen LogP contribution in [0, 0.1) is 12.7 Å². The van der Waals surface area contributed by atoms with E-state index < -0.39 is 17.5 Å². The maximum absolute atomic E-state index is 14.0. The average Bonchev–Trinajstić information content (AvgIpc) is 3.51. The van der Waals surface area contributed by atoms with Crippen LogP contribution in [0.25, 0.3) is 34.0 Å².